The highest BCUT2D eigenvalue weighted by atomic mass is 32.2. The number of rotatable bonds is 3. The van der Waals surface area contributed by atoms with Gasteiger partial charge in [0.25, 0.3) is 10.1 Å². The van der Waals surface area contributed by atoms with Gasteiger partial charge in [-0.15, -0.1) is 0 Å². The molecule has 3 aromatic rings. The van der Waals surface area contributed by atoms with Crippen molar-refractivity contribution in [3.63, 3.8) is 0 Å². The minimum atomic E-state index is -4.20. The van der Waals surface area contributed by atoms with Gasteiger partial charge in [-0.3, -0.25) is 4.55 Å². The highest BCUT2D eigenvalue weighted by molar-refractivity contribution is 7.85. The number of benzene rings is 3. The van der Waals surface area contributed by atoms with Crippen LogP contribution in [0.2, 0.25) is 0 Å². The fourth-order valence-corrected chi connectivity index (χ4v) is 2.93. The van der Waals surface area contributed by atoms with Gasteiger partial charge in [-0.1, -0.05) is 36.4 Å². The van der Waals surface area contributed by atoms with E-state index in [1.54, 1.807) is 6.07 Å². The third-order valence-corrected chi connectivity index (χ3v) is 4.39. The molecule has 0 saturated heterocycles. The van der Waals surface area contributed by atoms with E-state index in [-0.39, 0.29) is 4.90 Å². The zero-order chi connectivity index (χ0) is 15.7. The van der Waals surface area contributed by atoms with Crippen LogP contribution in [0.5, 0.6) is 0 Å². The lowest BCUT2D eigenvalue weighted by Crippen LogP contribution is -1.99. The van der Waals surface area contributed by atoms with Crippen molar-refractivity contribution in [2.24, 2.45) is 0 Å². The molecule has 112 valence electrons. The summed E-state index contributed by atoms with van der Waals surface area (Å²) in [6.45, 7) is 1.99. The van der Waals surface area contributed by atoms with Crippen LogP contribution in [0.4, 0.5) is 11.4 Å². The summed E-state index contributed by atoms with van der Waals surface area (Å²) in [4.78, 5) is -0.102. The van der Waals surface area contributed by atoms with Crippen molar-refractivity contribution in [1.29, 1.82) is 0 Å². The molecule has 0 unspecified atom stereocenters. The molecule has 0 atom stereocenters. The van der Waals surface area contributed by atoms with Crippen LogP contribution in [0.25, 0.3) is 10.8 Å². The molecule has 0 bridgehead atoms. The van der Waals surface area contributed by atoms with Crippen molar-refractivity contribution in [2.45, 2.75) is 11.8 Å². The molecule has 0 aromatic heterocycles. The maximum absolute atomic E-state index is 11.3. The number of aryl methyl sites for hydroxylation is 1. The number of para-hydroxylation sites is 1. The summed E-state index contributed by atoms with van der Waals surface area (Å²) in [6, 6.07) is 18.1. The summed E-state index contributed by atoms with van der Waals surface area (Å²) in [7, 11) is -4.20. The Morgan fingerprint density at radius 1 is 0.955 bits per heavy atom. The summed E-state index contributed by atoms with van der Waals surface area (Å²) >= 11 is 0. The maximum Gasteiger partial charge on any atom is 0.294 e. The predicted octanol–water partition coefficient (Wildman–Crippen LogP) is 4.14. The lowest BCUT2D eigenvalue weighted by molar-refractivity contribution is 0.483. The Labute approximate surface area is 129 Å². The molecule has 4 nitrogen and oxygen atoms in total. The Morgan fingerprint density at radius 2 is 1.68 bits per heavy atom. The van der Waals surface area contributed by atoms with Crippen LogP contribution in [0, 0.1) is 6.92 Å². The number of anilines is 2. The van der Waals surface area contributed by atoms with Crippen molar-refractivity contribution < 1.29 is 13.0 Å². The molecule has 0 saturated carbocycles. The van der Waals surface area contributed by atoms with Gasteiger partial charge in [-0.25, -0.2) is 0 Å². The molecule has 0 fully saturated rings. The smallest absolute Gasteiger partial charge is 0.294 e. The molecule has 3 rings (SSSR count). The van der Waals surface area contributed by atoms with Gasteiger partial charge in [0.1, 0.15) is 0 Å². The highest BCUT2D eigenvalue weighted by Gasteiger charge is 2.12. The van der Waals surface area contributed by atoms with Crippen molar-refractivity contribution >= 4 is 32.3 Å². The molecule has 0 aliphatic heterocycles. The molecule has 3 aromatic carbocycles. The molecule has 0 heterocycles. The van der Waals surface area contributed by atoms with Crippen LogP contribution in [-0.4, -0.2) is 13.0 Å². The molecule has 0 radical (unpaired) electrons. The van der Waals surface area contributed by atoms with E-state index in [1.165, 1.54) is 12.1 Å². The van der Waals surface area contributed by atoms with Gasteiger partial charge in [-0.2, -0.15) is 8.42 Å². The molecule has 22 heavy (non-hydrogen) atoms. The second-order valence-electron chi connectivity index (χ2n) is 5.11. The van der Waals surface area contributed by atoms with Gasteiger partial charge in [0.2, 0.25) is 0 Å². The molecule has 2 N–H and O–H groups in total. The zero-order valence-corrected chi connectivity index (χ0v) is 12.8. The van der Waals surface area contributed by atoms with Crippen molar-refractivity contribution in [3.8, 4) is 0 Å². The predicted molar refractivity (Wildman–Crippen MR) is 88.2 cm³/mol. The van der Waals surface area contributed by atoms with Crippen molar-refractivity contribution in [1.82, 2.24) is 0 Å². The normalized spacial score (nSPS) is 11.5. The Balaban J connectivity index is 2.15. The summed E-state index contributed by atoms with van der Waals surface area (Å²) in [5.41, 5.74) is 2.93. The zero-order valence-electron chi connectivity index (χ0n) is 11.9. The Morgan fingerprint density at radius 3 is 2.36 bits per heavy atom. The summed E-state index contributed by atoms with van der Waals surface area (Å²) in [5, 5.41) is 5.01. The number of fused-ring (bicyclic) bond motifs is 1. The number of hydrogen-bond acceptors (Lipinski definition) is 3. The fraction of sp³-hybridized carbons (Fsp3) is 0.0588. The largest absolute Gasteiger partial charge is 0.355 e. The Bertz CT molecular complexity index is 935. The third kappa shape index (κ3) is 2.81. The first-order chi connectivity index (χ1) is 10.4. The molecule has 0 spiro atoms. The van der Waals surface area contributed by atoms with E-state index in [4.69, 9.17) is 4.55 Å². The number of hydrogen-bond donors (Lipinski definition) is 2. The van der Waals surface area contributed by atoms with Gasteiger partial charge in [0.15, 0.2) is 0 Å². The van der Waals surface area contributed by atoms with E-state index in [1.807, 2.05) is 49.4 Å². The SMILES string of the molecule is Cc1ccc2cc(S(=O)(=O)O)ccc2c1Nc1ccccc1. The number of nitrogens with one attached hydrogen (secondary N) is 1. The monoisotopic (exact) mass is 313 g/mol. The minimum absolute atomic E-state index is 0.102. The first-order valence-corrected chi connectivity index (χ1v) is 8.22. The lowest BCUT2D eigenvalue weighted by atomic mass is 10.0. The first-order valence-electron chi connectivity index (χ1n) is 6.78. The van der Waals surface area contributed by atoms with E-state index < -0.39 is 10.1 Å². The van der Waals surface area contributed by atoms with E-state index in [0.717, 1.165) is 27.7 Å². The van der Waals surface area contributed by atoms with Crippen LogP contribution < -0.4 is 5.32 Å². The molecule has 5 heteroatoms. The van der Waals surface area contributed by atoms with E-state index >= 15 is 0 Å². The maximum atomic E-state index is 11.3. The second kappa shape index (κ2) is 5.44. The average Bonchev–Trinajstić information content (AvgIpc) is 2.50. The summed E-state index contributed by atoms with van der Waals surface area (Å²) in [6.07, 6.45) is 0. The molecule has 0 amide bonds. The molecular formula is C17H15NO3S. The van der Waals surface area contributed by atoms with Crippen molar-refractivity contribution in [2.75, 3.05) is 5.32 Å². The van der Waals surface area contributed by atoms with Crippen LogP contribution in [-0.2, 0) is 10.1 Å². The molecule has 0 aliphatic rings. The quantitative estimate of drug-likeness (QED) is 0.713. The van der Waals surface area contributed by atoms with E-state index in [9.17, 15) is 8.42 Å². The van der Waals surface area contributed by atoms with Gasteiger partial charge in [0, 0.05) is 16.8 Å². The Hall–Kier alpha value is -2.37. The van der Waals surface area contributed by atoms with Gasteiger partial charge in [-0.05, 0) is 42.1 Å². The van der Waals surface area contributed by atoms with Crippen LogP contribution in [0.1, 0.15) is 5.56 Å². The second-order valence-corrected chi connectivity index (χ2v) is 6.53. The third-order valence-electron chi connectivity index (χ3n) is 3.54. The lowest BCUT2D eigenvalue weighted by Gasteiger charge is -2.13. The fourth-order valence-electron chi connectivity index (χ4n) is 2.41. The summed E-state index contributed by atoms with van der Waals surface area (Å²) < 4.78 is 31.7. The van der Waals surface area contributed by atoms with Crippen LogP contribution >= 0.6 is 0 Å². The summed E-state index contributed by atoms with van der Waals surface area (Å²) in [5.74, 6) is 0. The minimum Gasteiger partial charge on any atom is -0.355 e. The topological polar surface area (TPSA) is 66.4 Å². The highest BCUT2D eigenvalue weighted by Crippen LogP contribution is 2.31. The van der Waals surface area contributed by atoms with Crippen LogP contribution in [0.15, 0.2) is 65.6 Å². The van der Waals surface area contributed by atoms with E-state index in [2.05, 4.69) is 5.32 Å². The van der Waals surface area contributed by atoms with Crippen molar-refractivity contribution in [3.05, 3.63) is 66.2 Å². The van der Waals surface area contributed by atoms with Gasteiger partial charge < -0.3 is 5.32 Å². The van der Waals surface area contributed by atoms with E-state index in [0.29, 0.717) is 0 Å². The molecular weight excluding hydrogens is 298 g/mol. The Kier molecular flexibility index (Phi) is 3.60. The average molecular weight is 313 g/mol. The van der Waals surface area contributed by atoms with Gasteiger partial charge in [0.05, 0.1) is 4.90 Å². The standard InChI is InChI=1S/C17H15NO3S/c1-12-7-8-13-11-15(22(19,20)21)9-10-16(13)17(12)18-14-5-3-2-4-6-14/h2-11,18H,1H3,(H,19,20,21). The van der Waals surface area contributed by atoms with Crippen LogP contribution in [0.3, 0.4) is 0 Å². The van der Waals surface area contributed by atoms with Gasteiger partial charge >= 0.3 is 0 Å². The molecule has 0 aliphatic carbocycles. The first kappa shape index (κ1) is 14.6.